The van der Waals surface area contributed by atoms with Crippen molar-refractivity contribution in [2.24, 2.45) is 0 Å². The summed E-state index contributed by atoms with van der Waals surface area (Å²) in [6, 6.07) is 17.3. The number of anilines is 2. The van der Waals surface area contributed by atoms with Crippen LogP contribution in [-0.2, 0) is 9.53 Å². The van der Waals surface area contributed by atoms with E-state index in [9.17, 15) is 9.59 Å². The van der Waals surface area contributed by atoms with Gasteiger partial charge in [0.2, 0.25) is 0 Å². The number of ether oxygens (including phenoxy) is 2. The highest BCUT2D eigenvalue weighted by molar-refractivity contribution is 7.10. The highest BCUT2D eigenvalue weighted by atomic mass is 32.1. The minimum Gasteiger partial charge on any atom is -0.481 e. The number of rotatable bonds is 7. The molecule has 37 heavy (non-hydrogen) atoms. The smallest absolute Gasteiger partial charge is 0.275 e. The molecule has 2 aliphatic rings. The molecule has 5 rings (SSSR count). The Morgan fingerprint density at radius 2 is 1.73 bits per heavy atom. The van der Waals surface area contributed by atoms with E-state index in [1.165, 1.54) is 11.3 Å². The summed E-state index contributed by atoms with van der Waals surface area (Å²) in [5, 5.41) is 5.83. The number of benzene rings is 2. The van der Waals surface area contributed by atoms with E-state index in [1.54, 1.807) is 6.92 Å². The van der Waals surface area contributed by atoms with E-state index < -0.39 is 6.10 Å². The average molecular weight is 521 g/mol. The van der Waals surface area contributed by atoms with Crippen LogP contribution in [0.15, 0.2) is 60.0 Å². The molecule has 2 aromatic carbocycles. The maximum atomic E-state index is 13.0. The van der Waals surface area contributed by atoms with Crippen LogP contribution in [0.4, 0.5) is 11.4 Å². The third-order valence-electron chi connectivity index (χ3n) is 6.82. The van der Waals surface area contributed by atoms with Crippen LogP contribution in [0.3, 0.4) is 0 Å². The Balaban J connectivity index is 1.16. The van der Waals surface area contributed by atoms with Crippen molar-refractivity contribution < 1.29 is 19.1 Å². The van der Waals surface area contributed by atoms with Gasteiger partial charge in [0.05, 0.1) is 29.6 Å². The topological polar surface area (TPSA) is 84.0 Å². The van der Waals surface area contributed by atoms with Crippen molar-refractivity contribution in [3.8, 4) is 5.75 Å². The minimum atomic E-state index is -0.533. The molecule has 1 atom stereocenters. The maximum Gasteiger partial charge on any atom is 0.275 e. The number of hydrogen-bond donors (Lipinski definition) is 1. The van der Waals surface area contributed by atoms with Crippen LogP contribution in [0, 0.1) is 0 Å². The van der Waals surface area contributed by atoms with Gasteiger partial charge in [0.1, 0.15) is 11.4 Å². The Morgan fingerprint density at radius 1 is 1.03 bits per heavy atom. The van der Waals surface area contributed by atoms with E-state index in [0.717, 1.165) is 42.3 Å². The number of morpholine rings is 1. The molecule has 2 amide bonds. The van der Waals surface area contributed by atoms with Crippen LogP contribution in [0.2, 0.25) is 0 Å². The summed E-state index contributed by atoms with van der Waals surface area (Å²) in [4.78, 5) is 34.7. The summed E-state index contributed by atoms with van der Waals surface area (Å²) in [7, 11) is 0. The number of piperidine rings is 1. The molecule has 1 aromatic heterocycles. The molecular weight excluding hydrogens is 488 g/mol. The number of carbonyl (C=O) groups excluding carboxylic acids is 2. The Labute approximate surface area is 221 Å². The highest BCUT2D eigenvalue weighted by Crippen LogP contribution is 2.32. The van der Waals surface area contributed by atoms with Crippen LogP contribution in [-0.4, -0.2) is 67.2 Å². The predicted molar refractivity (Wildman–Crippen MR) is 145 cm³/mol. The number of likely N-dealkylation sites (tertiary alicyclic amines) is 1. The van der Waals surface area contributed by atoms with Crippen molar-refractivity contribution in [1.82, 2.24) is 9.88 Å². The van der Waals surface area contributed by atoms with Crippen molar-refractivity contribution in [2.75, 3.05) is 49.6 Å². The summed E-state index contributed by atoms with van der Waals surface area (Å²) in [5.41, 5.74) is 2.21. The zero-order valence-corrected chi connectivity index (χ0v) is 21.8. The van der Waals surface area contributed by atoms with Gasteiger partial charge in [-0.3, -0.25) is 9.59 Å². The van der Waals surface area contributed by atoms with Crippen LogP contribution >= 0.6 is 11.3 Å². The molecule has 1 unspecified atom stereocenters. The normalized spacial score (nSPS) is 17.3. The fourth-order valence-corrected chi connectivity index (χ4v) is 5.75. The van der Waals surface area contributed by atoms with Crippen molar-refractivity contribution in [1.29, 1.82) is 0 Å². The standard InChI is InChI=1S/C28H32N4O4S/c1-20(36-22-7-3-2-4-8-22)28(34)32-13-11-21(12-14-32)27-30-24(19-37-27)26(33)29-23-9-5-6-10-25(23)31-15-17-35-18-16-31/h2-10,19-21H,11-18H2,1H3,(H,29,33). The summed E-state index contributed by atoms with van der Waals surface area (Å²) in [6.07, 6.45) is 1.10. The van der Waals surface area contributed by atoms with Gasteiger partial charge in [-0.15, -0.1) is 11.3 Å². The summed E-state index contributed by atoms with van der Waals surface area (Å²) < 4.78 is 11.3. The molecule has 0 saturated carbocycles. The monoisotopic (exact) mass is 520 g/mol. The molecule has 2 saturated heterocycles. The van der Waals surface area contributed by atoms with Gasteiger partial charge in [0.15, 0.2) is 6.10 Å². The largest absolute Gasteiger partial charge is 0.481 e. The Bertz CT molecular complexity index is 1200. The SMILES string of the molecule is CC(Oc1ccccc1)C(=O)N1CCC(c2nc(C(=O)Nc3ccccc3N3CCOCC3)cs2)CC1. The molecule has 2 aliphatic heterocycles. The number of carbonyl (C=O) groups is 2. The zero-order chi connectivity index (χ0) is 25.6. The van der Waals surface area contributed by atoms with E-state index >= 15 is 0 Å². The van der Waals surface area contributed by atoms with E-state index in [0.29, 0.717) is 37.7 Å². The second-order valence-electron chi connectivity index (χ2n) is 9.31. The molecule has 0 aliphatic carbocycles. The number of aromatic nitrogens is 1. The summed E-state index contributed by atoms with van der Waals surface area (Å²) in [5.74, 6) is 0.726. The van der Waals surface area contributed by atoms with Gasteiger partial charge in [0.25, 0.3) is 11.8 Å². The zero-order valence-electron chi connectivity index (χ0n) is 21.0. The number of thiazole rings is 1. The lowest BCUT2D eigenvalue weighted by Gasteiger charge is -2.32. The van der Waals surface area contributed by atoms with E-state index in [4.69, 9.17) is 9.47 Å². The fraction of sp³-hybridized carbons (Fsp3) is 0.393. The fourth-order valence-electron chi connectivity index (χ4n) is 4.78. The molecule has 0 bridgehead atoms. The van der Waals surface area contributed by atoms with Gasteiger partial charge in [-0.05, 0) is 44.0 Å². The number of nitrogens with zero attached hydrogens (tertiary/aromatic N) is 3. The van der Waals surface area contributed by atoms with Gasteiger partial charge in [-0.1, -0.05) is 30.3 Å². The number of para-hydroxylation sites is 3. The van der Waals surface area contributed by atoms with E-state index in [1.807, 2.05) is 64.9 Å². The van der Waals surface area contributed by atoms with Crippen LogP contribution in [0.1, 0.15) is 41.2 Å². The molecular formula is C28H32N4O4S. The lowest BCUT2D eigenvalue weighted by atomic mass is 9.97. The second kappa shape index (κ2) is 11.7. The van der Waals surface area contributed by atoms with Gasteiger partial charge in [0, 0.05) is 37.5 Å². The lowest BCUT2D eigenvalue weighted by molar-refractivity contribution is -0.139. The first-order chi connectivity index (χ1) is 18.1. The molecule has 9 heteroatoms. The van der Waals surface area contributed by atoms with Gasteiger partial charge >= 0.3 is 0 Å². The van der Waals surface area contributed by atoms with Crippen molar-refractivity contribution >= 4 is 34.5 Å². The third-order valence-corrected chi connectivity index (χ3v) is 7.83. The minimum absolute atomic E-state index is 0.000409. The molecule has 0 spiro atoms. The quantitative estimate of drug-likeness (QED) is 0.497. The summed E-state index contributed by atoms with van der Waals surface area (Å²) in [6.45, 7) is 6.06. The van der Waals surface area contributed by atoms with Crippen LogP contribution < -0.4 is 15.0 Å². The lowest BCUT2D eigenvalue weighted by Crippen LogP contribution is -2.44. The molecule has 1 N–H and O–H groups in total. The van der Waals surface area contributed by atoms with Crippen molar-refractivity contribution in [2.45, 2.75) is 31.8 Å². The number of hydrogen-bond acceptors (Lipinski definition) is 7. The Hall–Kier alpha value is -3.43. The van der Waals surface area contributed by atoms with Crippen molar-refractivity contribution in [3.63, 3.8) is 0 Å². The molecule has 8 nitrogen and oxygen atoms in total. The van der Waals surface area contributed by atoms with E-state index in [-0.39, 0.29) is 17.7 Å². The molecule has 0 radical (unpaired) electrons. The Kier molecular flexibility index (Phi) is 8.01. The second-order valence-corrected chi connectivity index (χ2v) is 10.2. The predicted octanol–water partition coefficient (Wildman–Crippen LogP) is 4.41. The molecule has 3 aromatic rings. The van der Waals surface area contributed by atoms with Crippen LogP contribution in [0.25, 0.3) is 0 Å². The third kappa shape index (κ3) is 6.11. The summed E-state index contributed by atoms with van der Waals surface area (Å²) >= 11 is 1.52. The maximum absolute atomic E-state index is 13.0. The molecule has 2 fully saturated rings. The molecule has 3 heterocycles. The first-order valence-electron chi connectivity index (χ1n) is 12.8. The van der Waals surface area contributed by atoms with Crippen LogP contribution in [0.5, 0.6) is 5.75 Å². The van der Waals surface area contributed by atoms with Gasteiger partial charge in [-0.2, -0.15) is 0 Å². The van der Waals surface area contributed by atoms with Gasteiger partial charge in [-0.25, -0.2) is 4.98 Å². The van der Waals surface area contributed by atoms with Crippen molar-refractivity contribution in [3.05, 3.63) is 70.7 Å². The first kappa shape index (κ1) is 25.2. The highest BCUT2D eigenvalue weighted by Gasteiger charge is 2.29. The number of nitrogens with one attached hydrogen (secondary N) is 1. The Morgan fingerprint density at radius 3 is 2.49 bits per heavy atom. The van der Waals surface area contributed by atoms with Gasteiger partial charge < -0.3 is 24.6 Å². The average Bonchev–Trinajstić information content (AvgIpc) is 3.45. The van der Waals surface area contributed by atoms with E-state index in [2.05, 4.69) is 15.2 Å². The first-order valence-corrected chi connectivity index (χ1v) is 13.7. The number of amides is 2. The molecule has 194 valence electrons.